The Balaban J connectivity index is 1.93. The fourth-order valence-corrected chi connectivity index (χ4v) is 2.97. The van der Waals surface area contributed by atoms with Crippen molar-refractivity contribution in [2.75, 3.05) is 18.9 Å². The minimum Gasteiger partial charge on any atom is -0.340 e. The van der Waals surface area contributed by atoms with Gasteiger partial charge in [0.15, 0.2) is 0 Å². The maximum atomic E-state index is 12.5. The molecule has 2 aromatic rings. The van der Waals surface area contributed by atoms with Crippen molar-refractivity contribution in [2.24, 2.45) is 0 Å². The number of aryl methyl sites for hydroxylation is 1. The minimum atomic E-state index is -0.801. The van der Waals surface area contributed by atoms with Crippen LogP contribution in [0.25, 0.3) is 0 Å². The highest BCUT2D eigenvalue weighted by Gasteiger charge is 2.22. The number of para-hydroxylation sites is 1. The molecule has 3 amide bonds. The van der Waals surface area contributed by atoms with Crippen LogP contribution in [0.3, 0.4) is 0 Å². The first-order chi connectivity index (χ1) is 13.3. The lowest BCUT2D eigenvalue weighted by atomic mass is 10.1. The zero-order chi connectivity index (χ0) is 20.7. The molecule has 148 valence electrons. The van der Waals surface area contributed by atoms with Gasteiger partial charge in [0.05, 0.1) is 17.1 Å². The molecule has 1 atom stereocenters. The maximum absolute atomic E-state index is 12.5. The van der Waals surface area contributed by atoms with E-state index in [9.17, 15) is 14.4 Å². The van der Waals surface area contributed by atoms with Crippen LogP contribution in [0.1, 0.15) is 29.8 Å². The third-order valence-electron chi connectivity index (χ3n) is 4.27. The van der Waals surface area contributed by atoms with Crippen LogP contribution in [0.15, 0.2) is 48.5 Å². The quantitative estimate of drug-likeness (QED) is 0.748. The second-order valence-corrected chi connectivity index (χ2v) is 6.84. The fourth-order valence-electron chi connectivity index (χ4n) is 2.75. The Labute approximate surface area is 169 Å². The van der Waals surface area contributed by atoms with E-state index < -0.39 is 11.9 Å². The van der Waals surface area contributed by atoms with Gasteiger partial charge in [-0.05, 0) is 37.1 Å². The number of rotatable bonds is 7. The van der Waals surface area contributed by atoms with Gasteiger partial charge in [0.2, 0.25) is 11.8 Å². The van der Waals surface area contributed by atoms with Crippen LogP contribution in [0.2, 0.25) is 5.02 Å². The number of hydrogen-bond acceptors (Lipinski definition) is 3. The summed E-state index contributed by atoms with van der Waals surface area (Å²) in [7, 11) is 1.52. The zero-order valence-corrected chi connectivity index (χ0v) is 16.9. The normalized spacial score (nSPS) is 11.4. The molecule has 0 fully saturated rings. The van der Waals surface area contributed by atoms with Crippen LogP contribution in [-0.2, 0) is 16.0 Å². The maximum Gasteiger partial charge on any atom is 0.253 e. The summed E-state index contributed by atoms with van der Waals surface area (Å²) in [4.78, 5) is 38.4. The molecule has 0 bridgehead atoms. The molecule has 2 aromatic carbocycles. The van der Waals surface area contributed by atoms with Gasteiger partial charge in [-0.15, -0.1) is 0 Å². The summed E-state index contributed by atoms with van der Waals surface area (Å²) in [5, 5.41) is 5.74. The number of likely N-dealkylation sites (N-methyl/N-ethyl adjacent to an activating group) is 1. The highest BCUT2D eigenvalue weighted by atomic mass is 35.5. The van der Waals surface area contributed by atoms with Crippen LogP contribution >= 0.6 is 11.6 Å². The topological polar surface area (TPSA) is 78.5 Å². The molecule has 0 aromatic heterocycles. The van der Waals surface area contributed by atoms with E-state index in [0.717, 1.165) is 17.7 Å². The van der Waals surface area contributed by atoms with Crippen molar-refractivity contribution in [3.8, 4) is 0 Å². The van der Waals surface area contributed by atoms with Gasteiger partial charge in [-0.25, -0.2) is 0 Å². The van der Waals surface area contributed by atoms with Crippen LogP contribution < -0.4 is 10.6 Å². The predicted molar refractivity (Wildman–Crippen MR) is 110 cm³/mol. The Morgan fingerprint density at radius 1 is 1.07 bits per heavy atom. The summed E-state index contributed by atoms with van der Waals surface area (Å²) in [5.41, 5.74) is 2.04. The Bertz CT molecular complexity index is 869. The summed E-state index contributed by atoms with van der Waals surface area (Å²) >= 11 is 6.01. The molecule has 1 unspecified atom stereocenters. The first kappa shape index (κ1) is 21.4. The van der Waals surface area contributed by atoms with Crippen LogP contribution in [-0.4, -0.2) is 42.3 Å². The van der Waals surface area contributed by atoms with E-state index in [-0.39, 0.29) is 18.4 Å². The lowest BCUT2D eigenvalue weighted by Gasteiger charge is -2.22. The Morgan fingerprint density at radius 2 is 1.71 bits per heavy atom. The van der Waals surface area contributed by atoms with E-state index >= 15 is 0 Å². The van der Waals surface area contributed by atoms with Gasteiger partial charge in [-0.2, -0.15) is 0 Å². The molecule has 0 heterocycles. The van der Waals surface area contributed by atoms with Gasteiger partial charge < -0.3 is 15.5 Å². The fraction of sp³-hybridized carbons (Fsp3) is 0.286. The third kappa shape index (κ3) is 5.57. The molecule has 0 saturated carbocycles. The standard InChI is InChI=1S/C21H24ClN3O3/c1-4-15-9-5-8-12-18(15)24-19(26)13-25(3)21(28)14(2)23-20(27)16-10-6-7-11-17(16)22/h5-12,14H,4,13H2,1-3H3,(H,23,27)(H,24,26). The van der Waals surface area contributed by atoms with Crippen molar-refractivity contribution in [3.63, 3.8) is 0 Å². The van der Waals surface area contributed by atoms with Gasteiger partial charge in [0.1, 0.15) is 6.04 Å². The van der Waals surface area contributed by atoms with Crippen molar-refractivity contribution < 1.29 is 14.4 Å². The van der Waals surface area contributed by atoms with Crippen LogP contribution in [0.5, 0.6) is 0 Å². The molecule has 0 spiro atoms. The lowest BCUT2D eigenvalue weighted by molar-refractivity contribution is -0.134. The number of nitrogens with zero attached hydrogens (tertiary/aromatic N) is 1. The zero-order valence-electron chi connectivity index (χ0n) is 16.2. The highest BCUT2D eigenvalue weighted by molar-refractivity contribution is 6.33. The predicted octanol–water partition coefficient (Wildman–Crippen LogP) is 3.12. The number of carbonyl (C=O) groups excluding carboxylic acids is 3. The summed E-state index contributed by atoms with van der Waals surface area (Å²) < 4.78 is 0. The van der Waals surface area contributed by atoms with Crippen molar-refractivity contribution in [3.05, 3.63) is 64.7 Å². The van der Waals surface area contributed by atoms with E-state index in [1.165, 1.54) is 11.9 Å². The molecular formula is C21H24ClN3O3. The monoisotopic (exact) mass is 401 g/mol. The SMILES string of the molecule is CCc1ccccc1NC(=O)CN(C)C(=O)C(C)NC(=O)c1ccccc1Cl. The van der Waals surface area contributed by atoms with E-state index in [0.29, 0.717) is 10.6 Å². The minimum absolute atomic E-state index is 0.122. The van der Waals surface area contributed by atoms with Crippen LogP contribution in [0, 0.1) is 0 Å². The van der Waals surface area contributed by atoms with Crippen LogP contribution in [0.4, 0.5) is 5.69 Å². The summed E-state index contributed by atoms with van der Waals surface area (Å²) in [6, 6.07) is 13.3. The average Bonchev–Trinajstić information content (AvgIpc) is 2.67. The molecular weight excluding hydrogens is 378 g/mol. The van der Waals surface area contributed by atoms with E-state index in [4.69, 9.17) is 11.6 Å². The van der Waals surface area contributed by atoms with Crippen molar-refractivity contribution in [1.29, 1.82) is 0 Å². The second kappa shape index (κ2) is 9.90. The van der Waals surface area contributed by atoms with E-state index in [1.54, 1.807) is 31.2 Å². The molecule has 2 rings (SSSR count). The molecule has 0 aliphatic carbocycles. The molecule has 0 saturated heterocycles. The Morgan fingerprint density at radius 3 is 2.39 bits per heavy atom. The molecule has 0 radical (unpaired) electrons. The molecule has 0 aliphatic heterocycles. The Kier molecular flexibility index (Phi) is 7.58. The number of benzene rings is 2. The number of anilines is 1. The number of halogens is 1. The van der Waals surface area contributed by atoms with Gasteiger partial charge in [0, 0.05) is 12.7 Å². The first-order valence-electron chi connectivity index (χ1n) is 9.01. The Hall–Kier alpha value is -2.86. The van der Waals surface area contributed by atoms with Gasteiger partial charge in [-0.1, -0.05) is 48.9 Å². The average molecular weight is 402 g/mol. The number of hydrogen-bond donors (Lipinski definition) is 2. The van der Waals surface area contributed by atoms with E-state index in [2.05, 4.69) is 10.6 Å². The molecule has 7 heteroatoms. The molecule has 28 heavy (non-hydrogen) atoms. The number of amides is 3. The smallest absolute Gasteiger partial charge is 0.253 e. The van der Waals surface area contributed by atoms with Crippen molar-refractivity contribution in [1.82, 2.24) is 10.2 Å². The highest BCUT2D eigenvalue weighted by Crippen LogP contribution is 2.16. The van der Waals surface area contributed by atoms with Crippen molar-refractivity contribution in [2.45, 2.75) is 26.3 Å². The van der Waals surface area contributed by atoms with Crippen molar-refractivity contribution >= 4 is 35.0 Å². The number of carbonyl (C=O) groups is 3. The molecule has 2 N–H and O–H groups in total. The molecule has 6 nitrogen and oxygen atoms in total. The van der Waals surface area contributed by atoms with Gasteiger partial charge in [0.25, 0.3) is 5.91 Å². The number of nitrogens with one attached hydrogen (secondary N) is 2. The van der Waals surface area contributed by atoms with Gasteiger partial charge >= 0.3 is 0 Å². The largest absolute Gasteiger partial charge is 0.340 e. The van der Waals surface area contributed by atoms with Gasteiger partial charge in [-0.3, -0.25) is 14.4 Å². The summed E-state index contributed by atoms with van der Waals surface area (Å²) in [6.45, 7) is 3.45. The second-order valence-electron chi connectivity index (χ2n) is 6.43. The third-order valence-corrected chi connectivity index (χ3v) is 4.60. The molecule has 0 aliphatic rings. The lowest BCUT2D eigenvalue weighted by Crippen LogP contribution is -2.47. The summed E-state index contributed by atoms with van der Waals surface area (Å²) in [5.74, 6) is -1.12. The van der Waals surface area contributed by atoms with E-state index in [1.807, 2.05) is 31.2 Å². The summed E-state index contributed by atoms with van der Waals surface area (Å²) in [6.07, 6.45) is 0.788. The first-order valence-corrected chi connectivity index (χ1v) is 9.39.